The van der Waals surface area contributed by atoms with Gasteiger partial charge in [0, 0.05) is 20.1 Å². The highest BCUT2D eigenvalue weighted by Gasteiger charge is 2.43. The highest BCUT2D eigenvalue weighted by Crippen LogP contribution is 2.45. The van der Waals surface area contributed by atoms with Gasteiger partial charge in [0.2, 0.25) is 17.9 Å². The average Bonchev–Trinajstić information content (AvgIpc) is 3.22. The largest absolute Gasteiger partial charge is 0.852 e. The van der Waals surface area contributed by atoms with Crippen LogP contribution in [-0.2, 0) is 14.1 Å². The topological polar surface area (TPSA) is 72.9 Å². The van der Waals surface area contributed by atoms with Crippen LogP contribution >= 0.6 is 0 Å². The summed E-state index contributed by atoms with van der Waals surface area (Å²) in [4.78, 5) is 11.6. The van der Waals surface area contributed by atoms with E-state index in [9.17, 15) is 5.11 Å². The van der Waals surface area contributed by atoms with E-state index in [1.54, 1.807) is 0 Å². The Bertz CT molecular complexity index is 798. The zero-order valence-electron chi connectivity index (χ0n) is 15.7. The fourth-order valence-corrected chi connectivity index (χ4v) is 4.44. The summed E-state index contributed by atoms with van der Waals surface area (Å²) in [5.41, 5.74) is 1.78. The van der Waals surface area contributed by atoms with Gasteiger partial charge in [-0.2, -0.15) is 0 Å². The van der Waals surface area contributed by atoms with Crippen molar-refractivity contribution in [3.8, 4) is 0 Å². The highest BCUT2D eigenvalue weighted by molar-refractivity contribution is 5.83. The van der Waals surface area contributed by atoms with E-state index in [1.165, 1.54) is 0 Å². The van der Waals surface area contributed by atoms with Gasteiger partial charge in [0.1, 0.15) is 0 Å². The number of nitrogens with zero attached hydrogens (tertiary/aromatic N) is 5. The Kier molecular flexibility index (Phi) is 3.86. The molecular formula is C18H28N6O. The number of hydrogen-bond acceptors (Lipinski definition) is 5. The summed E-state index contributed by atoms with van der Waals surface area (Å²) >= 11 is 0. The molecular weight excluding hydrogens is 316 g/mol. The second kappa shape index (κ2) is 5.83. The molecule has 4 rings (SSSR count). The number of imidazole rings is 1. The van der Waals surface area contributed by atoms with E-state index in [0.717, 1.165) is 42.2 Å². The average molecular weight is 344 g/mol. The number of aryl methyl sites for hydroxylation is 2. The van der Waals surface area contributed by atoms with Gasteiger partial charge in [-0.15, -0.1) is 6.10 Å². The molecule has 0 radical (unpaired) electrons. The Morgan fingerprint density at radius 1 is 1.32 bits per heavy atom. The molecule has 2 aromatic rings. The summed E-state index contributed by atoms with van der Waals surface area (Å²) in [5.74, 6) is 2.76. The van der Waals surface area contributed by atoms with Crippen LogP contribution < -0.4 is 19.9 Å². The van der Waals surface area contributed by atoms with E-state index in [1.807, 2.05) is 25.0 Å². The maximum atomic E-state index is 11.9. The standard InChI is InChI=1S/C18H27N6O/c1-10(2)23(4)18-21-15-16(24(18)5)19-9-22(3)17(15)20-13-7-12-6-11(13)8-14(12)25/h9-14H,6-8H2,1-5H3/q-1/p+1/t11-,12-,13-,14-/m0/s1. The molecule has 0 aliphatic heterocycles. The van der Waals surface area contributed by atoms with Crippen molar-refractivity contribution in [1.82, 2.24) is 14.5 Å². The molecule has 0 amide bonds. The van der Waals surface area contributed by atoms with Gasteiger partial charge < -0.3 is 15.3 Å². The number of hydrogen-bond donors (Lipinski definition) is 1. The van der Waals surface area contributed by atoms with E-state index >= 15 is 0 Å². The summed E-state index contributed by atoms with van der Waals surface area (Å²) in [6, 6.07) is 0.737. The van der Waals surface area contributed by atoms with Crippen molar-refractivity contribution >= 4 is 22.9 Å². The Morgan fingerprint density at radius 2 is 2.08 bits per heavy atom. The van der Waals surface area contributed by atoms with E-state index < -0.39 is 0 Å². The van der Waals surface area contributed by atoms with Crippen molar-refractivity contribution in [2.45, 2.75) is 51.3 Å². The maximum absolute atomic E-state index is 11.9. The predicted octanol–water partition coefficient (Wildman–Crippen LogP) is 0.577. The summed E-state index contributed by atoms with van der Waals surface area (Å²) < 4.78 is 4.06. The summed E-state index contributed by atoms with van der Waals surface area (Å²) in [5, 5.41) is 15.6. The molecule has 136 valence electrons. The lowest BCUT2D eigenvalue weighted by Gasteiger charge is -2.31. The fraction of sp³-hybridized carbons (Fsp3) is 0.722. The van der Waals surface area contributed by atoms with Crippen LogP contribution in [0.4, 0.5) is 11.8 Å². The van der Waals surface area contributed by atoms with E-state index in [-0.39, 0.29) is 6.10 Å². The van der Waals surface area contributed by atoms with Gasteiger partial charge in [-0.3, -0.25) is 4.57 Å². The van der Waals surface area contributed by atoms with E-state index in [0.29, 0.717) is 23.9 Å². The monoisotopic (exact) mass is 344 g/mol. The van der Waals surface area contributed by atoms with Gasteiger partial charge in [0.05, 0.1) is 13.1 Å². The minimum atomic E-state index is -0.351. The summed E-state index contributed by atoms with van der Waals surface area (Å²) in [6.45, 7) is 4.31. The minimum Gasteiger partial charge on any atom is -0.852 e. The van der Waals surface area contributed by atoms with Crippen molar-refractivity contribution in [2.75, 3.05) is 17.3 Å². The molecule has 2 aliphatic rings. The molecule has 2 bridgehead atoms. The van der Waals surface area contributed by atoms with Crippen LogP contribution in [0.5, 0.6) is 0 Å². The molecule has 2 aromatic heterocycles. The Hall–Kier alpha value is -1.89. The number of anilines is 2. The van der Waals surface area contributed by atoms with E-state index in [2.05, 4.69) is 40.7 Å². The van der Waals surface area contributed by atoms with Crippen molar-refractivity contribution in [3.63, 3.8) is 0 Å². The maximum Gasteiger partial charge on any atom is 0.253 e. The predicted molar refractivity (Wildman–Crippen MR) is 95.3 cm³/mol. The van der Waals surface area contributed by atoms with Crippen LogP contribution in [0.25, 0.3) is 11.2 Å². The minimum absolute atomic E-state index is 0.344. The molecule has 2 saturated carbocycles. The highest BCUT2D eigenvalue weighted by atomic mass is 16.3. The molecule has 0 saturated heterocycles. The fourth-order valence-electron chi connectivity index (χ4n) is 4.44. The zero-order chi connectivity index (χ0) is 17.9. The van der Waals surface area contributed by atoms with Crippen LogP contribution in [0, 0.1) is 11.8 Å². The molecule has 0 spiro atoms. The van der Waals surface area contributed by atoms with Crippen LogP contribution in [0.3, 0.4) is 0 Å². The second-order valence-electron chi connectivity index (χ2n) is 8.07. The molecule has 2 heterocycles. The van der Waals surface area contributed by atoms with Gasteiger partial charge in [-0.1, -0.05) is 17.3 Å². The first-order valence-electron chi connectivity index (χ1n) is 9.23. The molecule has 0 aromatic carbocycles. The third kappa shape index (κ3) is 2.56. The molecule has 0 unspecified atom stereocenters. The second-order valence-corrected chi connectivity index (χ2v) is 8.07. The number of fused-ring (bicyclic) bond motifs is 3. The SMILES string of the molecule is CC(C)N(C)c1nc2c(N[C@H]3C[C@@H]4C[C@H]3C[C@@H]4[O-])[n+](C)cnc2n1C. The molecule has 4 atom stereocenters. The Balaban J connectivity index is 1.71. The van der Waals surface area contributed by atoms with Gasteiger partial charge in [0.25, 0.3) is 5.82 Å². The molecule has 1 N–H and O–H groups in total. The first-order chi connectivity index (χ1) is 11.9. The number of nitrogens with one attached hydrogen (secondary N) is 1. The lowest BCUT2D eigenvalue weighted by Crippen LogP contribution is -2.41. The molecule has 7 nitrogen and oxygen atoms in total. The third-order valence-corrected chi connectivity index (χ3v) is 6.18. The zero-order valence-corrected chi connectivity index (χ0v) is 15.7. The van der Waals surface area contributed by atoms with Gasteiger partial charge in [-0.25, -0.2) is 9.55 Å². The molecule has 2 fully saturated rings. The Morgan fingerprint density at radius 3 is 2.68 bits per heavy atom. The molecule has 7 heteroatoms. The summed E-state index contributed by atoms with van der Waals surface area (Å²) in [6.07, 6.45) is 4.36. The first-order valence-corrected chi connectivity index (χ1v) is 9.23. The van der Waals surface area contributed by atoms with Crippen molar-refractivity contribution in [2.24, 2.45) is 25.9 Å². The number of rotatable bonds is 4. The quantitative estimate of drug-likeness (QED) is 0.821. The van der Waals surface area contributed by atoms with Gasteiger partial charge >= 0.3 is 0 Å². The normalized spacial score (nSPS) is 28.3. The van der Waals surface area contributed by atoms with Crippen LogP contribution in [0.15, 0.2) is 6.33 Å². The Labute approximate surface area is 148 Å². The third-order valence-electron chi connectivity index (χ3n) is 6.18. The van der Waals surface area contributed by atoms with Crippen molar-refractivity contribution in [1.29, 1.82) is 0 Å². The van der Waals surface area contributed by atoms with Crippen LogP contribution in [0.2, 0.25) is 0 Å². The van der Waals surface area contributed by atoms with Gasteiger partial charge in [0.15, 0.2) is 5.52 Å². The molecule has 2 aliphatic carbocycles. The van der Waals surface area contributed by atoms with Crippen molar-refractivity contribution in [3.05, 3.63) is 6.33 Å². The number of aromatic nitrogens is 4. The van der Waals surface area contributed by atoms with E-state index in [4.69, 9.17) is 4.98 Å². The lowest BCUT2D eigenvalue weighted by atomic mass is 9.93. The van der Waals surface area contributed by atoms with Crippen molar-refractivity contribution < 1.29 is 9.67 Å². The lowest BCUT2D eigenvalue weighted by molar-refractivity contribution is -0.659. The van der Waals surface area contributed by atoms with Crippen LogP contribution in [0.1, 0.15) is 33.1 Å². The summed E-state index contributed by atoms with van der Waals surface area (Å²) in [7, 11) is 6.07. The van der Waals surface area contributed by atoms with Gasteiger partial charge in [-0.05, 0) is 32.6 Å². The first kappa shape index (κ1) is 16.6. The smallest absolute Gasteiger partial charge is 0.253 e. The molecule has 25 heavy (non-hydrogen) atoms. The van der Waals surface area contributed by atoms with Crippen LogP contribution in [-0.4, -0.2) is 39.8 Å².